The van der Waals surface area contributed by atoms with Crippen molar-refractivity contribution in [3.8, 4) is 0 Å². The fourth-order valence-corrected chi connectivity index (χ4v) is 3.64. The van der Waals surface area contributed by atoms with Crippen LogP contribution in [0.4, 0.5) is 14.9 Å². The average Bonchev–Trinajstić information content (AvgIpc) is 2.70. The Labute approximate surface area is 171 Å². The first kappa shape index (κ1) is 20.8. The van der Waals surface area contributed by atoms with Gasteiger partial charge in [-0.1, -0.05) is 30.3 Å². The predicted molar refractivity (Wildman–Crippen MR) is 112 cm³/mol. The minimum absolute atomic E-state index is 0.0598. The van der Waals surface area contributed by atoms with Crippen LogP contribution in [0.3, 0.4) is 0 Å². The molecule has 0 radical (unpaired) electrons. The second-order valence-electron chi connectivity index (χ2n) is 7.64. The van der Waals surface area contributed by atoms with E-state index in [1.54, 1.807) is 18.2 Å². The number of carbonyl (C=O) groups is 2. The third-order valence-electron chi connectivity index (χ3n) is 5.35. The Morgan fingerprint density at radius 2 is 1.86 bits per heavy atom. The Balaban J connectivity index is 1.35. The summed E-state index contributed by atoms with van der Waals surface area (Å²) in [5, 5.41) is 5.83. The third-order valence-corrected chi connectivity index (χ3v) is 5.35. The van der Waals surface area contributed by atoms with Crippen LogP contribution < -0.4 is 10.6 Å². The molecule has 0 unspecified atom stereocenters. The fourth-order valence-electron chi connectivity index (χ4n) is 3.64. The average molecular weight is 397 g/mol. The number of likely N-dealkylation sites (tertiary alicyclic amines) is 1. The van der Waals surface area contributed by atoms with Crippen molar-refractivity contribution in [2.45, 2.75) is 32.6 Å². The maximum Gasteiger partial charge on any atom is 0.321 e. The number of hydrogen-bond acceptors (Lipinski definition) is 2. The van der Waals surface area contributed by atoms with Gasteiger partial charge in [0.25, 0.3) is 0 Å². The Bertz CT molecular complexity index is 848. The van der Waals surface area contributed by atoms with Crippen molar-refractivity contribution in [2.24, 2.45) is 5.92 Å². The lowest BCUT2D eigenvalue weighted by Crippen LogP contribution is -2.41. The Kier molecular flexibility index (Phi) is 7.22. The van der Waals surface area contributed by atoms with Crippen LogP contribution in [0.5, 0.6) is 0 Å². The number of piperidine rings is 1. The lowest BCUT2D eigenvalue weighted by molar-refractivity contribution is -0.120. The number of rotatable bonds is 6. The van der Waals surface area contributed by atoms with E-state index in [9.17, 15) is 14.0 Å². The molecular weight excluding hydrogens is 369 g/mol. The Morgan fingerprint density at radius 1 is 1.10 bits per heavy atom. The standard InChI is InChI=1S/C23H28FN3O2/c1-17-5-4-7-20(15-17)26-23(29)27-13-10-18(11-14-27)9-12-25-22(28)16-19-6-2-3-8-21(19)24/h2-8,15,18H,9-14,16H2,1H3,(H,25,28)(H,26,29). The first-order chi connectivity index (χ1) is 14.0. The maximum atomic E-state index is 13.6. The summed E-state index contributed by atoms with van der Waals surface area (Å²) in [6, 6.07) is 14.0. The Hall–Kier alpha value is -2.89. The van der Waals surface area contributed by atoms with Gasteiger partial charge in [0, 0.05) is 25.3 Å². The van der Waals surface area contributed by atoms with Crippen LogP contribution in [0.1, 0.15) is 30.4 Å². The van der Waals surface area contributed by atoms with Crippen LogP contribution in [0.15, 0.2) is 48.5 Å². The molecule has 0 spiro atoms. The molecular formula is C23H28FN3O2. The number of nitrogens with zero attached hydrogens (tertiary/aromatic N) is 1. The van der Waals surface area contributed by atoms with E-state index in [1.165, 1.54) is 6.07 Å². The van der Waals surface area contributed by atoms with Crippen molar-refractivity contribution in [3.05, 3.63) is 65.5 Å². The number of carbonyl (C=O) groups excluding carboxylic acids is 2. The number of halogens is 1. The van der Waals surface area contributed by atoms with Crippen LogP contribution in [0, 0.1) is 18.7 Å². The van der Waals surface area contributed by atoms with Gasteiger partial charge in [0.1, 0.15) is 5.82 Å². The van der Waals surface area contributed by atoms with Gasteiger partial charge in [-0.05, 0) is 61.4 Å². The summed E-state index contributed by atoms with van der Waals surface area (Å²) >= 11 is 0. The number of aryl methyl sites for hydroxylation is 1. The van der Waals surface area contributed by atoms with Gasteiger partial charge < -0.3 is 15.5 Å². The lowest BCUT2D eigenvalue weighted by atomic mass is 9.93. The van der Waals surface area contributed by atoms with Gasteiger partial charge in [0.15, 0.2) is 0 Å². The highest BCUT2D eigenvalue weighted by Crippen LogP contribution is 2.21. The molecule has 0 aliphatic carbocycles. The molecule has 0 bridgehead atoms. The van der Waals surface area contributed by atoms with Crippen molar-refractivity contribution >= 4 is 17.6 Å². The molecule has 1 aliphatic heterocycles. The van der Waals surface area contributed by atoms with E-state index in [-0.39, 0.29) is 24.2 Å². The van der Waals surface area contributed by atoms with E-state index in [0.29, 0.717) is 31.1 Å². The molecule has 6 heteroatoms. The van der Waals surface area contributed by atoms with Gasteiger partial charge in [-0.2, -0.15) is 0 Å². The van der Waals surface area contributed by atoms with Crippen LogP contribution in [-0.4, -0.2) is 36.5 Å². The first-order valence-electron chi connectivity index (χ1n) is 10.1. The van der Waals surface area contributed by atoms with E-state index < -0.39 is 0 Å². The van der Waals surface area contributed by atoms with Crippen molar-refractivity contribution in [3.63, 3.8) is 0 Å². The SMILES string of the molecule is Cc1cccc(NC(=O)N2CCC(CCNC(=O)Cc3ccccc3F)CC2)c1. The van der Waals surface area contributed by atoms with Crippen LogP contribution >= 0.6 is 0 Å². The number of hydrogen-bond donors (Lipinski definition) is 2. The van der Waals surface area contributed by atoms with Crippen molar-refractivity contribution in [2.75, 3.05) is 25.0 Å². The fraction of sp³-hybridized carbons (Fsp3) is 0.391. The number of urea groups is 1. The van der Waals surface area contributed by atoms with E-state index in [1.807, 2.05) is 36.1 Å². The smallest absolute Gasteiger partial charge is 0.321 e. The van der Waals surface area contributed by atoms with Gasteiger partial charge >= 0.3 is 6.03 Å². The molecule has 3 amide bonds. The minimum atomic E-state index is -0.348. The molecule has 1 heterocycles. The summed E-state index contributed by atoms with van der Waals surface area (Å²) in [5.74, 6) is -0.0317. The number of benzene rings is 2. The molecule has 3 rings (SSSR count). The van der Waals surface area contributed by atoms with E-state index in [2.05, 4.69) is 10.6 Å². The molecule has 1 fully saturated rings. The summed E-state index contributed by atoms with van der Waals surface area (Å²) in [5.41, 5.74) is 2.34. The molecule has 2 N–H and O–H groups in total. The first-order valence-corrected chi connectivity index (χ1v) is 10.1. The zero-order chi connectivity index (χ0) is 20.6. The number of anilines is 1. The van der Waals surface area contributed by atoms with E-state index >= 15 is 0 Å². The molecule has 5 nitrogen and oxygen atoms in total. The van der Waals surface area contributed by atoms with Crippen molar-refractivity contribution in [1.82, 2.24) is 10.2 Å². The molecule has 0 saturated carbocycles. The van der Waals surface area contributed by atoms with Crippen molar-refractivity contribution in [1.29, 1.82) is 0 Å². The van der Waals surface area contributed by atoms with Gasteiger partial charge in [-0.3, -0.25) is 4.79 Å². The van der Waals surface area contributed by atoms with Gasteiger partial charge in [0.05, 0.1) is 6.42 Å². The monoisotopic (exact) mass is 397 g/mol. The summed E-state index contributed by atoms with van der Waals surface area (Å²) in [6.07, 6.45) is 2.77. The normalized spacial score (nSPS) is 14.5. The Morgan fingerprint density at radius 3 is 2.59 bits per heavy atom. The topological polar surface area (TPSA) is 61.4 Å². The zero-order valence-electron chi connectivity index (χ0n) is 16.8. The highest BCUT2D eigenvalue weighted by Gasteiger charge is 2.22. The molecule has 2 aromatic rings. The predicted octanol–water partition coefficient (Wildman–Crippen LogP) is 4.13. The summed E-state index contributed by atoms with van der Waals surface area (Å²) in [6.45, 7) is 4.00. The van der Waals surface area contributed by atoms with E-state index in [0.717, 1.165) is 30.5 Å². The molecule has 29 heavy (non-hydrogen) atoms. The second kappa shape index (κ2) is 10.0. The van der Waals surface area contributed by atoms with Crippen LogP contribution in [0.25, 0.3) is 0 Å². The van der Waals surface area contributed by atoms with E-state index in [4.69, 9.17) is 0 Å². The molecule has 1 saturated heterocycles. The van der Waals surface area contributed by atoms with Gasteiger partial charge in [-0.15, -0.1) is 0 Å². The quantitative estimate of drug-likeness (QED) is 0.770. The summed E-state index contributed by atoms with van der Waals surface area (Å²) < 4.78 is 13.6. The largest absolute Gasteiger partial charge is 0.356 e. The summed E-state index contributed by atoms with van der Waals surface area (Å²) in [4.78, 5) is 26.3. The highest BCUT2D eigenvalue weighted by molar-refractivity contribution is 5.89. The number of nitrogens with one attached hydrogen (secondary N) is 2. The summed E-state index contributed by atoms with van der Waals surface area (Å²) in [7, 11) is 0. The molecule has 0 atom stereocenters. The van der Waals surface area contributed by atoms with Crippen LogP contribution in [-0.2, 0) is 11.2 Å². The third kappa shape index (κ3) is 6.31. The molecule has 2 aromatic carbocycles. The molecule has 0 aromatic heterocycles. The van der Waals surface area contributed by atoms with Gasteiger partial charge in [0.2, 0.25) is 5.91 Å². The van der Waals surface area contributed by atoms with Crippen molar-refractivity contribution < 1.29 is 14.0 Å². The highest BCUT2D eigenvalue weighted by atomic mass is 19.1. The van der Waals surface area contributed by atoms with Gasteiger partial charge in [-0.25, -0.2) is 9.18 Å². The zero-order valence-corrected chi connectivity index (χ0v) is 16.8. The molecule has 154 valence electrons. The number of amides is 3. The maximum absolute atomic E-state index is 13.6. The lowest BCUT2D eigenvalue weighted by Gasteiger charge is -2.32. The van der Waals surface area contributed by atoms with Crippen LogP contribution in [0.2, 0.25) is 0 Å². The second-order valence-corrected chi connectivity index (χ2v) is 7.64. The molecule has 1 aliphatic rings. The minimum Gasteiger partial charge on any atom is -0.356 e.